The molecule has 0 aliphatic carbocycles. The number of hydrogen-bond acceptors (Lipinski definition) is 1. The van der Waals surface area contributed by atoms with Crippen molar-refractivity contribution in [2.45, 2.75) is 39.3 Å². The monoisotopic (exact) mass is 331 g/mol. The van der Waals surface area contributed by atoms with Crippen molar-refractivity contribution in [3.05, 3.63) is 69.7 Å². The largest absolute Gasteiger partial charge is 0.306 e. The summed E-state index contributed by atoms with van der Waals surface area (Å²) >= 11 is 3.52. The summed E-state index contributed by atoms with van der Waals surface area (Å²) in [7, 11) is 0. The van der Waals surface area contributed by atoms with Gasteiger partial charge in [-0.15, -0.1) is 0 Å². The maximum atomic E-state index is 3.65. The molecule has 0 aromatic heterocycles. The minimum Gasteiger partial charge on any atom is -0.306 e. The predicted octanol–water partition coefficient (Wildman–Crippen LogP) is 5.25. The minimum atomic E-state index is 0.417. The Bertz CT molecular complexity index is 533. The zero-order chi connectivity index (χ0) is 14.4. The van der Waals surface area contributed by atoms with Crippen LogP contribution >= 0.6 is 15.9 Å². The summed E-state index contributed by atoms with van der Waals surface area (Å²) in [4.78, 5) is 0. The number of nitrogens with one attached hydrogen (secondary N) is 1. The zero-order valence-corrected chi connectivity index (χ0v) is 13.8. The van der Waals surface area contributed by atoms with Crippen LogP contribution in [0.2, 0.25) is 0 Å². The quantitative estimate of drug-likeness (QED) is 0.761. The van der Waals surface area contributed by atoms with Crippen molar-refractivity contribution in [2.24, 2.45) is 0 Å². The molecule has 0 amide bonds. The summed E-state index contributed by atoms with van der Waals surface area (Å²) in [5, 5.41) is 3.65. The molecular formula is C18H22BrN. The number of benzene rings is 2. The van der Waals surface area contributed by atoms with Gasteiger partial charge in [-0.25, -0.2) is 0 Å². The van der Waals surface area contributed by atoms with E-state index in [1.165, 1.54) is 16.7 Å². The summed E-state index contributed by atoms with van der Waals surface area (Å²) in [5.74, 6) is 0. The molecule has 2 rings (SSSR count). The first kappa shape index (κ1) is 15.3. The number of halogens is 1. The van der Waals surface area contributed by atoms with Gasteiger partial charge in [0.25, 0.3) is 0 Å². The molecule has 1 nitrogen and oxygen atoms in total. The Labute approximate surface area is 130 Å². The third kappa shape index (κ3) is 4.19. The van der Waals surface area contributed by atoms with E-state index in [0.29, 0.717) is 6.04 Å². The molecular weight excluding hydrogens is 310 g/mol. The summed E-state index contributed by atoms with van der Waals surface area (Å²) in [6, 6.07) is 17.9. The first-order valence-electron chi connectivity index (χ1n) is 7.29. The van der Waals surface area contributed by atoms with Gasteiger partial charge in [0.2, 0.25) is 0 Å². The van der Waals surface area contributed by atoms with E-state index >= 15 is 0 Å². The van der Waals surface area contributed by atoms with Crippen LogP contribution in [0.4, 0.5) is 0 Å². The molecule has 2 aromatic rings. The molecule has 0 fully saturated rings. The molecule has 1 unspecified atom stereocenters. The highest BCUT2D eigenvalue weighted by molar-refractivity contribution is 9.10. The van der Waals surface area contributed by atoms with E-state index in [1.54, 1.807) is 0 Å². The van der Waals surface area contributed by atoms with Crippen LogP contribution in [0.5, 0.6) is 0 Å². The van der Waals surface area contributed by atoms with Crippen LogP contribution in [0.3, 0.4) is 0 Å². The second-order valence-corrected chi connectivity index (χ2v) is 5.98. The maximum absolute atomic E-state index is 3.65. The molecule has 106 valence electrons. The third-order valence-corrected chi connectivity index (χ3v) is 4.13. The van der Waals surface area contributed by atoms with Gasteiger partial charge in [0.15, 0.2) is 0 Å². The van der Waals surface area contributed by atoms with Crippen molar-refractivity contribution in [1.29, 1.82) is 0 Å². The number of aryl methyl sites for hydroxylation is 1. The predicted molar refractivity (Wildman–Crippen MR) is 89.8 cm³/mol. The molecule has 0 bridgehead atoms. The van der Waals surface area contributed by atoms with Crippen LogP contribution in [0.1, 0.15) is 43.0 Å². The van der Waals surface area contributed by atoms with Crippen molar-refractivity contribution in [1.82, 2.24) is 5.32 Å². The molecule has 0 saturated heterocycles. The van der Waals surface area contributed by atoms with E-state index in [4.69, 9.17) is 0 Å². The van der Waals surface area contributed by atoms with E-state index in [9.17, 15) is 0 Å². The lowest BCUT2D eigenvalue weighted by Crippen LogP contribution is -2.20. The second-order valence-electron chi connectivity index (χ2n) is 5.07. The van der Waals surface area contributed by atoms with Crippen LogP contribution in [0.25, 0.3) is 0 Å². The topological polar surface area (TPSA) is 12.0 Å². The molecule has 0 heterocycles. The van der Waals surface area contributed by atoms with Gasteiger partial charge >= 0.3 is 0 Å². The van der Waals surface area contributed by atoms with Gasteiger partial charge in [0.1, 0.15) is 0 Å². The highest BCUT2D eigenvalue weighted by atomic mass is 79.9. The maximum Gasteiger partial charge on any atom is 0.0320 e. The Morgan fingerprint density at radius 1 is 1.00 bits per heavy atom. The third-order valence-electron chi connectivity index (χ3n) is 3.64. The molecule has 0 aliphatic rings. The van der Waals surface area contributed by atoms with Crippen LogP contribution in [0, 0.1) is 0 Å². The fourth-order valence-corrected chi connectivity index (χ4v) is 2.82. The van der Waals surface area contributed by atoms with Crippen LogP contribution in [0.15, 0.2) is 53.0 Å². The van der Waals surface area contributed by atoms with Crippen LogP contribution in [-0.2, 0) is 13.0 Å². The van der Waals surface area contributed by atoms with Gasteiger partial charge in [0, 0.05) is 17.1 Å². The molecule has 1 N–H and O–H groups in total. The average Bonchev–Trinajstić information content (AvgIpc) is 2.48. The SMILES string of the molecule is CCc1ccc(C(CC)NCc2cccc(Br)c2)cc1. The van der Waals surface area contributed by atoms with E-state index in [1.807, 2.05) is 0 Å². The molecule has 2 aromatic carbocycles. The normalized spacial score (nSPS) is 12.3. The van der Waals surface area contributed by atoms with Crippen molar-refractivity contribution in [3.63, 3.8) is 0 Å². The van der Waals surface area contributed by atoms with Gasteiger partial charge in [-0.1, -0.05) is 66.2 Å². The molecule has 0 saturated carbocycles. The molecule has 1 atom stereocenters. The minimum absolute atomic E-state index is 0.417. The molecule has 2 heteroatoms. The number of rotatable bonds is 6. The summed E-state index contributed by atoms with van der Waals surface area (Å²) in [5.41, 5.74) is 4.08. The molecule has 0 spiro atoms. The highest BCUT2D eigenvalue weighted by Crippen LogP contribution is 2.19. The standard InChI is InChI=1S/C18H22BrN/c1-3-14-8-10-16(11-9-14)18(4-2)20-13-15-6-5-7-17(19)12-15/h5-12,18,20H,3-4,13H2,1-2H3. The van der Waals surface area contributed by atoms with E-state index in [-0.39, 0.29) is 0 Å². The van der Waals surface area contributed by atoms with Crippen LogP contribution in [-0.4, -0.2) is 0 Å². The second kappa shape index (κ2) is 7.61. The van der Waals surface area contributed by atoms with E-state index in [0.717, 1.165) is 23.9 Å². The van der Waals surface area contributed by atoms with Crippen LogP contribution < -0.4 is 5.32 Å². The Balaban J connectivity index is 2.01. The summed E-state index contributed by atoms with van der Waals surface area (Å²) < 4.78 is 1.14. The Kier molecular flexibility index (Phi) is 5.81. The molecule has 0 radical (unpaired) electrons. The Hall–Kier alpha value is -1.12. The summed E-state index contributed by atoms with van der Waals surface area (Å²) in [6.45, 7) is 5.32. The molecule has 0 aliphatic heterocycles. The Morgan fingerprint density at radius 3 is 2.35 bits per heavy atom. The lowest BCUT2D eigenvalue weighted by Gasteiger charge is -2.18. The lowest BCUT2D eigenvalue weighted by molar-refractivity contribution is 0.519. The van der Waals surface area contributed by atoms with Gasteiger partial charge < -0.3 is 5.32 Å². The fraction of sp³-hybridized carbons (Fsp3) is 0.333. The van der Waals surface area contributed by atoms with Crippen molar-refractivity contribution in [3.8, 4) is 0 Å². The van der Waals surface area contributed by atoms with Crippen molar-refractivity contribution < 1.29 is 0 Å². The van der Waals surface area contributed by atoms with Gasteiger partial charge in [-0.05, 0) is 41.7 Å². The van der Waals surface area contributed by atoms with E-state index < -0.39 is 0 Å². The van der Waals surface area contributed by atoms with Gasteiger partial charge in [0.05, 0.1) is 0 Å². The first-order valence-corrected chi connectivity index (χ1v) is 8.09. The highest BCUT2D eigenvalue weighted by Gasteiger charge is 2.08. The van der Waals surface area contributed by atoms with Gasteiger partial charge in [-0.2, -0.15) is 0 Å². The van der Waals surface area contributed by atoms with E-state index in [2.05, 4.69) is 83.6 Å². The lowest BCUT2D eigenvalue weighted by atomic mass is 10.0. The van der Waals surface area contributed by atoms with Crippen molar-refractivity contribution >= 4 is 15.9 Å². The first-order chi connectivity index (χ1) is 9.72. The zero-order valence-electron chi connectivity index (χ0n) is 12.2. The van der Waals surface area contributed by atoms with Crippen molar-refractivity contribution in [2.75, 3.05) is 0 Å². The number of hydrogen-bond donors (Lipinski definition) is 1. The summed E-state index contributed by atoms with van der Waals surface area (Å²) in [6.07, 6.45) is 2.20. The Morgan fingerprint density at radius 2 is 1.75 bits per heavy atom. The average molecular weight is 332 g/mol. The fourth-order valence-electron chi connectivity index (χ4n) is 2.37. The van der Waals surface area contributed by atoms with Gasteiger partial charge in [-0.3, -0.25) is 0 Å². The molecule has 20 heavy (non-hydrogen) atoms. The smallest absolute Gasteiger partial charge is 0.0320 e.